The molecule has 2 aromatic rings. The minimum Gasteiger partial charge on any atom is -0.369 e. The molecule has 2 atom stereocenters. The highest BCUT2D eigenvalue weighted by molar-refractivity contribution is 5.94. The van der Waals surface area contributed by atoms with Gasteiger partial charge < -0.3 is 14.5 Å². The predicted molar refractivity (Wildman–Crippen MR) is 105 cm³/mol. The summed E-state index contributed by atoms with van der Waals surface area (Å²) in [5.41, 5.74) is 2.65. The van der Waals surface area contributed by atoms with Crippen LogP contribution in [0.3, 0.4) is 0 Å². The van der Waals surface area contributed by atoms with E-state index in [9.17, 15) is 4.79 Å². The quantitative estimate of drug-likeness (QED) is 0.805. The number of carbonyl (C=O) groups is 1. The van der Waals surface area contributed by atoms with E-state index in [4.69, 9.17) is 4.74 Å². The summed E-state index contributed by atoms with van der Waals surface area (Å²) in [5.74, 6) is 0.953. The van der Waals surface area contributed by atoms with E-state index in [-0.39, 0.29) is 24.2 Å². The Morgan fingerprint density at radius 3 is 2.68 bits per heavy atom. The molecule has 1 amide bonds. The minimum atomic E-state index is -0.0768. The second kappa shape index (κ2) is 7.50. The number of carbonyl (C=O) groups excluding carboxylic acids is 1. The van der Waals surface area contributed by atoms with Gasteiger partial charge in [0.15, 0.2) is 0 Å². The van der Waals surface area contributed by atoms with Gasteiger partial charge in [0, 0.05) is 57.6 Å². The fourth-order valence-corrected chi connectivity index (χ4v) is 4.40. The first-order chi connectivity index (χ1) is 13.5. The molecule has 0 aliphatic carbocycles. The lowest BCUT2D eigenvalue weighted by molar-refractivity contribution is -0.00714. The molecule has 0 saturated carbocycles. The van der Waals surface area contributed by atoms with Crippen LogP contribution in [0.2, 0.25) is 0 Å². The molecular weight excluding hydrogens is 356 g/mol. The Balaban J connectivity index is 1.48. The Kier molecular flexibility index (Phi) is 5.05. The summed E-state index contributed by atoms with van der Waals surface area (Å²) in [6.45, 7) is 5.78. The van der Waals surface area contributed by atoms with E-state index in [1.54, 1.807) is 23.3 Å². The Morgan fingerprint density at radius 1 is 1.25 bits per heavy atom. The SMILES string of the molecule is C[C@@H]1Cc2c(nn(C)c2C(=O)N(C)C2CCN(c3cnccn3)CC2)[C@H](C)O1. The smallest absolute Gasteiger partial charge is 0.272 e. The van der Waals surface area contributed by atoms with Gasteiger partial charge in [0.25, 0.3) is 5.91 Å². The zero-order valence-corrected chi connectivity index (χ0v) is 17.0. The van der Waals surface area contributed by atoms with Gasteiger partial charge in [-0.3, -0.25) is 14.5 Å². The monoisotopic (exact) mass is 384 g/mol. The van der Waals surface area contributed by atoms with E-state index in [2.05, 4.69) is 20.0 Å². The van der Waals surface area contributed by atoms with Crippen LogP contribution in [0.15, 0.2) is 18.6 Å². The third-order valence-electron chi connectivity index (χ3n) is 5.90. The molecule has 0 N–H and O–H groups in total. The van der Waals surface area contributed by atoms with E-state index >= 15 is 0 Å². The number of aromatic nitrogens is 4. The van der Waals surface area contributed by atoms with Crippen molar-refractivity contribution in [3.8, 4) is 0 Å². The maximum atomic E-state index is 13.4. The summed E-state index contributed by atoms with van der Waals surface area (Å²) in [6.07, 6.45) is 7.77. The van der Waals surface area contributed by atoms with Crippen LogP contribution in [-0.2, 0) is 18.2 Å². The van der Waals surface area contributed by atoms with Gasteiger partial charge in [0.05, 0.1) is 24.1 Å². The van der Waals surface area contributed by atoms with Crippen molar-refractivity contribution in [1.82, 2.24) is 24.6 Å². The van der Waals surface area contributed by atoms with Crippen molar-refractivity contribution in [2.24, 2.45) is 7.05 Å². The van der Waals surface area contributed by atoms with Crippen molar-refractivity contribution in [2.75, 3.05) is 25.0 Å². The molecule has 2 aliphatic heterocycles. The topological polar surface area (TPSA) is 76.4 Å². The zero-order chi connectivity index (χ0) is 19.8. The Labute approximate surface area is 165 Å². The van der Waals surface area contributed by atoms with Gasteiger partial charge in [-0.2, -0.15) is 5.10 Å². The van der Waals surface area contributed by atoms with Crippen LogP contribution in [0.1, 0.15) is 54.5 Å². The van der Waals surface area contributed by atoms with E-state index < -0.39 is 0 Å². The standard InChI is InChI=1S/C20H28N6O2/c1-13-11-16-18(14(2)28-13)23-25(4)19(16)20(27)24(3)15-5-9-26(10-6-15)17-12-21-7-8-22-17/h7-8,12-15H,5-6,9-11H2,1-4H3/t13-,14+/m1/s1. The number of rotatable bonds is 3. The molecule has 8 nitrogen and oxygen atoms in total. The number of nitrogens with zero attached hydrogens (tertiary/aromatic N) is 6. The zero-order valence-electron chi connectivity index (χ0n) is 17.0. The average molecular weight is 384 g/mol. The van der Waals surface area contributed by atoms with E-state index in [0.29, 0.717) is 5.69 Å². The fourth-order valence-electron chi connectivity index (χ4n) is 4.40. The number of aryl methyl sites for hydroxylation is 1. The first-order valence-electron chi connectivity index (χ1n) is 9.95. The number of amides is 1. The molecule has 4 rings (SSSR count). The highest BCUT2D eigenvalue weighted by Gasteiger charge is 2.34. The number of hydrogen-bond donors (Lipinski definition) is 0. The van der Waals surface area contributed by atoms with Crippen LogP contribution in [-0.4, -0.2) is 62.8 Å². The summed E-state index contributed by atoms with van der Waals surface area (Å²) in [4.78, 5) is 26.0. The van der Waals surface area contributed by atoms with Gasteiger partial charge >= 0.3 is 0 Å². The van der Waals surface area contributed by atoms with Crippen molar-refractivity contribution in [3.63, 3.8) is 0 Å². The molecule has 0 radical (unpaired) electrons. The molecule has 28 heavy (non-hydrogen) atoms. The molecular formula is C20H28N6O2. The number of ether oxygens (including phenoxy) is 1. The molecule has 8 heteroatoms. The maximum absolute atomic E-state index is 13.4. The van der Waals surface area contributed by atoms with Gasteiger partial charge in [-0.15, -0.1) is 0 Å². The summed E-state index contributed by atoms with van der Waals surface area (Å²) < 4.78 is 7.61. The highest BCUT2D eigenvalue weighted by Crippen LogP contribution is 2.32. The lowest BCUT2D eigenvalue weighted by Crippen LogP contribution is -2.46. The number of hydrogen-bond acceptors (Lipinski definition) is 6. The summed E-state index contributed by atoms with van der Waals surface area (Å²) >= 11 is 0. The summed E-state index contributed by atoms with van der Waals surface area (Å²) in [6, 6.07) is 0.209. The summed E-state index contributed by atoms with van der Waals surface area (Å²) in [7, 11) is 3.77. The van der Waals surface area contributed by atoms with Crippen LogP contribution >= 0.6 is 0 Å². The Bertz CT molecular complexity index is 844. The third-order valence-corrected chi connectivity index (χ3v) is 5.90. The number of piperidine rings is 1. The number of anilines is 1. The van der Waals surface area contributed by atoms with Crippen LogP contribution in [0, 0.1) is 0 Å². The molecule has 0 aromatic carbocycles. The molecule has 1 saturated heterocycles. The molecule has 0 spiro atoms. The predicted octanol–water partition coefficient (Wildman–Crippen LogP) is 1.97. The van der Waals surface area contributed by atoms with Crippen molar-refractivity contribution < 1.29 is 9.53 Å². The fraction of sp³-hybridized carbons (Fsp3) is 0.600. The Morgan fingerprint density at radius 2 is 2.00 bits per heavy atom. The molecule has 1 fully saturated rings. The summed E-state index contributed by atoms with van der Waals surface area (Å²) in [5, 5.41) is 4.59. The maximum Gasteiger partial charge on any atom is 0.272 e. The molecule has 0 bridgehead atoms. The second-order valence-corrected chi connectivity index (χ2v) is 7.83. The van der Waals surface area contributed by atoms with Crippen molar-refractivity contribution in [1.29, 1.82) is 0 Å². The first-order valence-corrected chi connectivity index (χ1v) is 9.95. The number of fused-ring (bicyclic) bond motifs is 1. The van der Waals surface area contributed by atoms with Crippen molar-refractivity contribution in [3.05, 3.63) is 35.5 Å². The van der Waals surface area contributed by atoms with Gasteiger partial charge in [-0.25, -0.2) is 4.98 Å². The molecule has 4 heterocycles. The first kappa shape index (κ1) is 18.9. The van der Waals surface area contributed by atoms with Crippen molar-refractivity contribution >= 4 is 11.7 Å². The molecule has 2 aromatic heterocycles. The highest BCUT2D eigenvalue weighted by atomic mass is 16.5. The lowest BCUT2D eigenvalue weighted by Gasteiger charge is -2.37. The van der Waals surface area contributed by atoms with Crippen LogP contribution in [0.5, 0.6) is 0 Å². The normalized spacial score (nSPS) is 22.8. The molecule has 150 valence electrons. The molecule has 2 aliphatic rings. The van der Waals surface area contributed by atoms with Crippen molar-refractivity contribution in [2.45, 2.75) is 51.4 Å². The van der Waals surface area contributed by atoms with Crippen LogP contribution in [0.25, 0.3) is 0 Å². The molecule has 0 unspecified atom stereocenters. The van der Waals surface area contributed by atoms with E-state index in [0.717, 1.165) is 49.4 Å². The van der Waals surface area contributed by atoms with Crippen LogP contribution < -0.4 is 4.90 Å². The third kappa shape index (κ3) is 3.37. The second-order valence-electron chi connectivity index (χ2n) is 7.83. The van der Waals surface area contributed by atoms with Gasteiger partial charge in [0.1, 0.15) is 11.5 Å². The van der Waals surface area contributed by atoms with Gasteiger partial charge in [0.2, 0.25) is 0 Å². The van der Waals surface area contributed by atoms with E-state index in [1.165, 1.54) is 0 Å². The minimum absolute atomic E-state index is 0.0514. The van der Waals surface area contributed by atoms with E-state index in [1.807, 2.05) is 32.8 Å². The van der Waals surface area contributed by atoms with Gasteiger partial charge in [-0.05, 0) is 26.7 Å². The van der Waals surface area contributed by atoms with Gasteiger partial charge in [-0.1, -0.05) is 0 Å². The largest absolute Gasteiger partial charge is 0.369 e. The Hall–Kier alpha value is -2.48. The average Bonchev–Trinajstić information content (AvgIpc) is 3.04. The van der Waals surface area contributed by atoms with Crippen LogP contribution in [0.4, 0.5) is 5.82 Å². The lowest BCUT2D eigenvalue weighted by atomic mass is 9.98.